The van der Waals surface area contributed by atoms with Gasteiger partial charge < -0.3 is 0 Å². The van der Waals surface area contributed by atoms with Crippen molar-refractivity contribution in [2.75, 3.05) is 19.6 Å². The zero-order valence-electron chi connectivity index (χ0n) is 10.6. The number of rotatable bonds is 3. The molecule has 19 heavy (non-hydrogen) atoms. The van der Waals surface area contributed by atoms with Crippen molar-refractivity contribution in [1.82, 2.24) is 14.7 Å². The topological polar surface area (TPSA) is 44.9 Å². The van der Waals surface area contributed by atoms with E-state index in [0.717, 1.165) is 5.56 Å². The van der Waals surface area contributed by atoms with Gasteiger partial charge in [0, 0.05) is 19.3 Å². The third kappa shape index (κ3) is 3.07. The summed E-state index contributed by atoms with van der Waals surface area (Å²) in [6.45, 7) is 1.48. The lowest BCUT2D eigenvalue weighted by molar-refractivity contribution is -0.144. The average Bonchev–Trinajstić information content (AvgIpc) is 2.85. The van der Waals surface area contributed by atoms with Crippen molar-refractivity contribution in [3.8, 4) is 6.07 Å². The van der Waals surface area contributed by atoms with Crippen molar-refractivity contribution in [1.29, 1.82) is 5.26 Å². The van der Waals surface area contributed by atoms with Crippen LogP contribution in [0.2, 0.25) is 0 Å². The summed E-state index contributed by atoms with van der Waals surface area (Å²) in [6, 6.07) is 2.07. The summed E-state index contributed by atoms with van der Waals surface area (Å²) in [6.07, 6.45) is -0.0804. The predicted octanol–water partition coefficient (Wildman–Crippen LogP) is 2.07. The summed E-state index contributed by atoms with van der Waals surface area (Å²) in [4.78, 5) is 1.34. The highest BCUT2D eigenvalue weighted by Crippen LogP contribution is 2.33. The molecule has 1 saturated heterocycles. The molecule has 1 aliphatic rings. The zero-order chi connectivity index (χ0) is 14.1. The van der Waals surface area contributed by atoms with Gasteiger partial charge in [0.15, 0.2) is 0 Å². The lowest BCUT2D eigenvalue weighted by Crippen LogP contribution is -2.39. The fraction of sp³-hybridized carbons (Fsp3) is 0.667. The Morgan fingerprint density at radius 2 is 2.26 bits per heavy atom. The van der Waals surface area contributed by atoms with Crippen molar-refractivity contribution in [2.45, 2.75) is 31.5 Å². The first-order valence-electron chi connectivity index (χ1n) is 6.02. The first-order valence-corrected chi connectivity index (χ1v) is 6.02. The van der Waals surface area contributed by atoms with Gasteiger partial charge in [-0.15, -0.1) is 0 Å². The number of likely N-dealkylation sites (tertiary alicyclic amines) is 1. The quantitative estimate of drug-likeness (QED) is 0.846. The third-order valence-corrected chi connectivity index (χ3v) is 3.42. The van der Waals surface area contributed by atoms with E-state index >= 15 is 0 Å². The molecule has 2 heterocycles. The molecule has 0 amide bonds. The summed E-state index contributed by atoms with van der Waals surface area (Å²) in [5.41, 5.74) is 0.306. The van der Waals surface area contributed by atoms with E-state index in [4.69, 9.17) is 5.26 Å². The van der Waals surface area contributed by atoms with E-state index in [0.29, 0.717) is 13.0 Å². The van der Waals surface area contributed by atoms with E-state index < -0.39 is 18.3 Å². The molecule has 4 nitrogen and oxygen atoms in total. The fourth-order valence-electron chi connectivity index (χ4n) is 2.56. The van der Waals surface area contributed by atoms with Crippen LogP contribution in [0.25, 0.3) is 0 Å². The predicted molar refractivity (Wildman–Crippen MR) is 62.3 cm³/mol. The molecule has 0 N–H and O–H groups in total. The second-order valence-electron chi connectivity index (χ2n) is 5.10. The van der Waals surface area contributed by atoms with Crippen LogP contribution in [0.1, 0.15) is 18.4 Å². The maximum absolute atomic E-state index is 12.4. The molecule has 1 unspecified atom stereocenters. The van der Waals surface area contributed by atoms with Crippen LogP contribution in [0.5, 0.6) is 0 Å². The first kappa shape index (κ1) is 13.9. The molecule has 0 spiro atoms. The Labute approximate surface area is 109 Å². The van der Waals surface area contributed by atoms with Crippen molar-refractivity contribution >= 4 is 0 Å². The minimum Gasteiger partial charge on any atom is -0.292 e. The molecule has 1 aromatic heterocycles. The average molecular weight is 272 g/mol. The van der Waals surface area contributed by atoms with Gasteiger partial charge in [-0.3, -0.25) is 9.58 Å². The number of hydrogen-bond acceptors (Lipinski definition) is 3. The third-order valence-electron chi connectivity index (χ3n) is 3.42. The number of nitrogens with zero attached hydrogens (tertiary/aromatic N) is 4. The van der Waals surface area contributed by atoms with Gasteiger partial charge >= 0.3 is 6.18 Å². The Balaban J connectivity index is 2.17. The SMILES string of the molecule is Cc1cnn(C2(CC#N)CCN(CC(F)(F)F)C2)c1. The van der Waals surface area contributed by atoms with E-state index in [1.165, 1.54) is 4.90 Å². The van der Waals surface area contributed by atoms with Gasteiger partial charge in [-0.2, -0.15) is 23.5 Å². The monoisotopic (exact) mass is 272 g/mol. The molecule has 0 radical (unpaired) electrons. The van der Waals surface area contributed by atoms with Crippen molar-refractivity contribution in [3.63, 3.8) is 0 Å². The zero-order valence-corrected chi connectivity index (χ0v) is 10.6. The van der Waals surface area contributed by atoms with E-state index in [9.17, 15) is 13.2 Å². The van der Waals surface area contributed by atoms with Crippen molar-refractivity contribution in [3.05, 3.63) is 18.0 Å². The molecule has 104 valence electrons. The second kappa shape index (κ2) is 4.85. The molecule has 7 heteroatoms. The summed E-state index contributed by atoms with van der Waals surface area (Å²) in [7, 11) is 0. The van der Waals surface area contributed by atoms with E-state index in [1.807, 2.05) is 6.92 Å². The number of aryl methyl sites for hydroxylation is 1. The second-order valence-corrected chi connectivity index (χ2v) is 5.10. The summed E-state index contributed by atoms with van der Waals surface area (Å²) in [5, 5.41) is 13.1. The maximum atomic E-state index is 12.4. The first-order chi connectivity index (χ1) is 8.85. The highest BCUT2D eigenvalue weighted by molar-refractivity contribution is 5.07. The van der Waals surface area contributed by atoms with Gasteiger partial charge in [0.1, 0.15) is 0 Å². The molecular formula is C12H15F3N4. The molecular weight excluding hydrogens is 257 g/mol. The maximum Gasteiger partial charge on any atom is 0.401 e. The fourth-order valence-corrected chi connectivity index (χ4v) is 2.56. The lowest BCUT2D eigenvalue weighted by Gasteiger charge is -2.28. The minimum atomic E-state index is -4.21. The van der Waals surface area contributed by atoms with Gasteiger partial charge in [-0.05, 0) is 18.9 Å². The molecule has 0 bridgehead atoms. The molecule has 1 fully saturated rings. The van der Waals surface area contributed by atoms with E-state index in [-0.39, 0.29) is 13.0 Å². The number of alkyl halides is 3. The summed E-state index contributed by atoms with van der Waals surface area (Å²) >= 11 is 0. The Bertz CT molecular complexity index is 488. The molecule has 1 aliphatic heterocycles. The summed E-state index contributed by atoms with van der Waals surface area (Å²) < 4.78 is 38.9. The van der Waals surface area contributed by atoms with Crippen LogP contribution >= 0.6 is 0 Å². The van der Waals surface area contributed by atoms with Gasteiger partial charge in [0.2, 0.25) is 0 Å². The van der Waals surface area contributed by atoms with E-state index in [1.54, 1.807) is 17.1 Å². The van der Waals surface area contributed by atoms with Gasteiger partial charge in [0.05, 0.1) is 30.8 Å². The molecule has 0 aliphatic carbocycles. The standard InChI is InChI=1S/C12H15F3N4/c1-10-6-17-19(7-10)11(2-4-16)3-5-18(8-11)9-12(13,14)15/h6-7H,2-3,5,8-9H2,1H3. The Kier molecular flexibility index (Phi) is 3.54. The van der Waals surface area contributed by atoms with Crippen LogP contribution in [0.15, 0.2) is 12.4 Å². The lowest BCUT2D eigenvalue weighted by atomic mass is 9.95. The molecule has 2 rings (SSSR count). The molecule has 0 aromatic carbocycles. The number of aromatic nitrogens is 2. The Morgan fingerprint density at radius 1 is 1.53 bits per heavy atom. The van der Waals surface area contributed by atoms with Crippen molar-refractivity contribution < 1.29 is 13.2 Å². The molecule has 1 aromatic rings. The van der Waals surface area contributed by atoms with Crippen LogP contribution in [-0.2, 0) is 5.54 Å². The largest absolute Gasteiger partial charge is 0.401 e. The number of halogens is 3. The minimum absolute atomic E-state index is 0.169. The Hall–Kier alpha value is -1.55. The van der Waals surface area contributed by atoms with Crippen LogP contribution in [0.4, 0.5) is 13.2 Å². The van der Waals surface area contributed by atoms with E-state index in [2.05, 4.69) is 11.2 Å². The Morgan fingerprint density at radius 3 is 2.79 bits per heavy atom. The summed E-state index contributed by atoms with van der Waals surface area (Å²) in [5.74, 6) is 0. The highest BCUT2D eigenvalue weighted by atomic mass is 19.4. The van der Waals surface area contributed by atoms with Gasteiger partial charge in [-0.25, -0.2) is 0 Å². The van der Waals surface area contributed by atoms with Crippen LogP contribution in [-0.4, -0.2) is 40.5 Å². The smallest absolute Gasteiger partial charge is 0.292 e. The molecule has 1 atom stereocenters. The van der Waals surface area contributed by atoms with Gasteiger partial charge in [-0.1, -0.05) is 0 Å². The normalized spacial score (nSPS) is 24.6. The van der Waals surface area contributed by atoms with Crippen LogP contribution < -0.4 is 0 Å². The number of hydrogen-bond donors (Lipinski definition) is 0. The number of nitriles is 1. The van der Waals surface area contributed by atoms with Gasteiger partial charge in [0.25, 0.3) is 0 Å². The van der Waals surface area contributed by atoms with Crippen LogP contribution in [0, 0.1) is 18.3 Å². The molecule has 0 saturated carbocycles. The highest BCUT2D eigenvalue weighted by Gasteiger charge is 2.43. The van der Waals surface area contributed by atoms with Crippen molar-refractivity contribution in [2.24, 2.45) is 0 Å². The van der Waals surface area contributed by atoms with Crippen LogP contribution in [0.3, 0.4) is 0 Å².